The van der Waals surface area contributed by atoms with E-state index in [0.717, 1.165) is 49.8 Å². The Hall–Kier alpha value is -3.47. The van der Waals surface area contributed by atoms with Crippen LogP contribution in [0.2, 0.25) is 0 Å². The van der Waals surface area contributed by atoms with E-state index in [9.17, 15) is 0 Å². The van der Waals surface area contributed by atoms with Gasteiger partial charge < -0.3 is 26.3 Å². The first-order valence-corrected chi connectivity index (χ1v) is 11.6. The molecule has 1 saturated heterocycles. The minimum absolute atomic E-state index is 0. The average molecular weight is 512 g/mol. The van der Waals surface area contributed by atoms with Crippen molar-refractivity contribution in [2.24, 2.45) is 0 Å². The molecule has 4 heterocycles. The maximum absolute atomic E-state index is 15.1. The van der Waals surface area contributed by atoms with Crippen LogP contribution in [0, 0.1) is 5.82 Å². The fourth-order valence-corrected chi connectivity index (χ4v) is 4.73. The highest BCUT2D eigenvalue weighted by Crippen LogP contribution is 2.34. The van der Waals surface area contributed by atoms with Gasteiger partial charge in [0.25, 0.3) is 0 Å². The largest absolute Gasteiger partial charge is 1.00 e. The second kappa shape index (κ2) is 10.7. The van der Waals surface area contributed by atoms with Gasteiger partial charge in [0.1, 0.15) is 17.6 Å². The molecular weight excluding hydrogens is 487 g/mol. The molecular formula is C25H25ClFN6O3-. The number of fused-ring (bicyclic) bond motifs is 1. The van der Waals surface area contributed by atoms with Crippen LogP contribution in [0.25, 0.3) is 0 Å². The van der Waals surface area contributed by atoms with E-state index in [2.05, 4.69) is 25.3 Å². The predicted octanol–water partition coefficient (Wildman–Crippen LogP) is 0.0934. The van der Waals surface area contributed by atoms with Gasteiger partial charge in [0, 0.05) is 31.7 Å². The maximum atomic E-state index is 15.1. The lowest BCUT2D eigenvalue weighted by Crippen LogP contribution is -3.00. The zero-order valence-corrected chi connectivity index (χ0v) is 20.2. The lowest BCUT2D eigenvalue weighted by Gasteiger charge is -2.38. The third kappa shape index (κ3) is 4.92. The second-order valence-electron chi connectivity index (χ2n) is 8.70. The summed E-state index contributed by atoms with van der Waals surface area (Å²) in [6.07, 6.45) is 1.69. The Balaban J connectivity index is 0.00000267. The third-order valence-corrected chi connectivity index (χ3v) is 6.50. The van der Waals surface area contributed by atoms with Crippen molar-refractivity contribution in [1.82, 2.24) is 30.0 Å². The number of furan rings is 1. The third-order valence-electron chi connectivity index (χ3n) is 6.50. The molecule has 11 heteroatoms. The molecule has 0 radical (unpaired) electrons. The van der Waals surface area contributed by atoms with Crippen LogP contribution in [0.4, 0.5) is 4.39 Å². The zero-order valence-electron chi connectivity index (χ0n) is 19.5. The van der Waals surface area contributed by atoms with Crippen molar-refractivity contribution in [3.05, 3.63) is 89.4 Å². The average Bonchev–Trinajstić information content (AvgIpc) is 3.64. The molecule has 1 unspecified atom stereocenters. The van der Waals surface area contributed by atoms with Crippen LogP contribution in [0.5, 0.6) is 11.5 Å². The Labute approximate surface area is 213 Å². The van der Waals surface area contributed by atoms with E-state index in [-0.39, 0.29) is 25.0 Å². The van der Waals surface area contributed by atoms with Crippen LogP contribution in [-0.2, 0) is 13.1 Å². The summed E-state index contributed by atoms with van der Waals surface area (Å²) in [6.45, 7) is 4.56. The molecule has 6 rings (SSSR count). The summed E-state index contributed by atoms with van der Waals surface area (Å²) in [4.78, 5) is 4.59. The van der Waals surface area contributed by atoms with Gasteiger partial charge in [0.2, 0.25) is 6.79 Å². The fraction of sp³-hybridized carbons (Fsp3) is 0.320. The molecule has 2 aromatic heterocycles. The number of aromatic nitrogens is 4. The quantitative estimate of drug-likeness (QED) is 0.345. The number of nitrogens with zero attached hydrogens (tertiary/aromatic N) is 6. The van der Waals surface area contributed by atoms with Gasteiger partial charge in [-0.2, -0.15) is 0 Å². The van der Waals surface area contributed by atoms with E-state index in [1.165, 1.54) is 6.07 Å². The molecule has 2 aliphatic heterocycles. The summed E-state index contributed by atoms with van der Waals surface area (Å²) in [5.74, 6) is 2.70. The molecule has 0 bridgehead atoms. The fourth-order valence-electron chi connectivity index (χ4n) is 4.73. The molecule has 188 valence electrons. The van der Waals surface area contributed by atoms with Crippen LogP contribution in [0.15, 0.2) is 65.3 Å². The summed E-state index contributed by atoms with van der Waals surface area (Å²) in [6, 6.07) is 16.1. The Morgan fingerprint density at radius 3 is 2.56 bits per heavy atom. The highest BCUT2D eigenvalue weighted by atomic mass is 35.5. The van der Waals surface area contributed by atoms with Gasteiger partial charge in [-0.05, 0) is 46.3 Å². The standard InChI is InChI=1S/C25H25FN6O3.ClH/c26-21-6-2-1-5-20(21)24(31-11-9-30(10-12-31)16-19-4-3-13-33-19)25-27-28-29-32(25)15-18-7-8-22-23(14-18)35-17-34-22;/h1-8,13-14,24H,9-12,15-17H2;1H/p-1. The monoisotopic (exact) mass is 511 g/mol. The van der Waals surface area contributed by atoms with Crippen LogP contribution < -0.4 is 21.9 Å². The molecule has 1 atom stereocenters. The van der Waals surface area contributed by atoms with E-state index in [4.69, 9.17) is 13.9 Å². The van der Waals surface area contributed by atoms with Crippen LogP contribution >= 0.6 is 0 Å². The normalized spacial score (nSPS) is 16.6. The first-order valence-electron chi connectivity index (χ1n) is 11.6. The molecule has 0 saturated carbocycles. The minimum atomic E-state index is -0.411. The molecule has 0 aliphatic carbocycles. The van der Waals surface area contributed by atoms with Crippen molar-refractivity contribution < 1.29 is 30.7 Å². The summed E-state index contributed by atoms with van der Waals surface area (Å²) in [5, 5.41) is 12.6. The highest BCUT2D eigenvalue weighted by molar-refractivity contribution is 5.44. The van der Waals surface area contributed by atoms with Gasteiger partial charge in [0.05, 0.1) is 19.4 Å². The van der Waals surface area contributed by atoms with E-state index in [0.29, 0.717) is 23.7 Å². The summed E-state index contributed by atoms with van der Waals surface area (Å²) < 4.78 is 33.2. The van der Waals surface area contributed by atoms with E-state index in [1.54, 1.807) is 17.0 Å². The molecule has 0 amide bonds. The Morgan fingerprint density at radius 2 is 1.75 bits per heavy atom. The van der Waals surface area contributed by atoms with Gasteiger partial charge in [-0.1, -0.05) is 24.3 Å². The molecule has 4 aromatic rings. The van der Waals surface area contributed by atoms with Crippen molar-refractivity contribution in [2.75, 3.05) is 33.0 Å². The van der Waals surface area contributed by atoms with Gasteiger partial charge >= 0.3 is 0 Å². The van der Waals surface area contributed by atoms with Gasteiger partial charge in [0.15, 0.2) is 17.3 Å². The molecule has 0 spiro atoms. The zero-order chi connectivity index (χ0) is 23.6. The van der Waals surface area contributed by atoms with Crippen LogP contribution in [-0.4, -0.2) is 63.0 Å². The number of rotatable bonds is 7. The van der Waals surface area contributed by atoms with Crippen LogP contribution in [0.1, 0.15) is 28.8 Å². The van der Waals surface area contributed by atoms with Crippen molar-refractivity contribution in [3.63, 3.8) is 0 Å². The first kappa shape index (κ1) is 24.2. The number of ether oxygens (including phenoxy) is 2. The Kier molecular flexibility index (Phi) is 7.17. The molecule has 1 fully saturated rings. The summed E-state index contributed by atoms with van der Waals surface area (Å²) >= 11 is 0. The molecule has 9 nitrogen and oxygen atoms in total. The van der Waals surface area contributed by atoms with Crippen molar-refractivity contribution >= 4 is 0 Å². The maximum Gasteiger partial charge on any atom is 0.231 e. The first-order chi connectivity index (χ1) is 17.2. The lowest BCUT2D eigenvalue weighted by atomic mass is 10.0. The smallest absolute Gasteiger partial charge is 0.231 e. The molecule has 36 heavy (non-hydrogen) atoms. The van der Waals surface area contributed by atoms with E-state index < -0.39 is 6.04 Å². The van der Waals surface area contributed by atoms with Crippen LogP contribution in [0.3, 0.4) is 0 Å². The number of hydrogen-bond acceptors (Lipinski definition) is 8. The molecule has 2 aliphatic rings. The van der Waals surface area contributed by atoms with Gasteiger partial charge in [-0.25, -0.2) is 9.07 Å². The SMILES string of the molecule is Fc1ccccc1C(c1nnnn1Cc1ccc2c(c1)OCO2)N1CCN(Cc2ccco2)CC1.[Cl-]. The number of benzene rings is 2. The Bertz CT molecular complexity index is 1290. The minimum Gasteiger partial charge on any atom is -1.00 e. The number of tetrazole rings is 1. The summed E-state index contributed by atoms with van der Waals surface area (Å²) in [7, 11) is 0. The molecule has 2 aromatic carbocycles. The highest BCUT2D eigenvalue weighted by Gasteiger charge is 2.32. The number of halogens is 2. The second-order valence-corrected chi connectivity index (χ2v) is 8.70. The number of hydrogen-bond donors (Lipinski definition) is 0. The molecule has 0 N–H and O–H groups in total. The van der Waals surface area contributed by atoms with Crippen molar-refractivity contribution in [2.45, 2.75) is 19.1 Å². The summed E-state index contributed by atoms with van der Waals surface area (Å²) in [5.41, 5.74) is 1.53. The number of piperazine rings is 1. The van der Waals surface area contributed by atoms with Gasteiger partial charge in [-0.3, -0.25) is 9.80 Å². The van der Waals surface area contributed by atoms with E-state index >= 15 is 4.39 Å². The van der Waals surface area contributed by atoms with E-state index in [1.807, 2.05) is 42.5 Å². The Morgan fingerprint density at radius 1 is 0.917 bits per heavy atom. The van der Waals surface area contributed by atoms with Crippen molar-refractivity contribution in [3.8, 4) is 11.5 Å². The van der Waals surface area contributed by atoms with Gasteiger partial charge in [-0.15, -0.1) is 5.10 Å². The topological polar surface area (TPSA) is 81.7 Å². The predicted molar refractivity (Wildman–Crippen MR) is 123 cm³/mol. The lowest BCUT2D eigenvalue weighted by molar-refractivity contribution is -0.00000990. The van der Waals surface area contributed by atoms with Crippen molar-refractivity contribution in [1.29, 1.82) is 0 Å².